The molecular weight excluding hydrogens is 304 g/mol. The molecule has 1 saturated heterocycles. The molecule has 1 atom stereocenters. The van der Waals surface area contributed by atoms with Crippen molar-refractivity contribution < 1.29 is 9.53 Å². The van der Waals surface area contributed by atoms with E-state index in [1.54, 1.807) is 18.6 Å². The number of rotatable bonds is 5. The average molecular weight is 328 g/mol. The number of pyridine rings is 1. The molecule has 128 valence electrons. The Bertz CT molecular complexity index is 692. The Balaban J connectivity index is 1.85. The van der Waals surface area contributed by atoms with Crippen molar-refractivity contribution in [2.75, 3.05) is 13.2 Å². The Hall–Kier alpha value is -2.21. The minimum absolute atomic E-state index is 0.103. The van der Waals surface area contributed by atoms with Gasteiger partial charge in [0.15, 0.2) is 0 Å². The van der Waals surface area contributed by atoms with Crippen LogP contribution in [0.3, 0.4) is 0 Å². The monoisotopic (exact) mass is 328 g/mol. The van der Waals surface area contributed by atoms with E-state index in [1.165, 1.54) is 0 Å². The lowest BCUT2D eigenvalue weighted by atomic mass is 9.90. The zero-order chi connectivity index (χ0) is 16.9. The fourth-order valence-electron chi connectivity index (χ4n) is 3.21. The summed E-state index contributed by atoms with van der Waals surface area (Å²) in [5.74, 6) is 1.14. The number of imidazole rings is 1. The number of carbonyl (C=O) groups is 1. The molecule has 1 aliphatic heterocycles. The lowest BCUT2D eigenvalue weighted by molar-refractivity contribution is 0.0498. The number of hydrogen-bond acceptors (Lipinski definition) is 4. The van der Waals surface area contributed by atoms with Gasteiger partial charge in [0, 0.05) is 44.5 Å². The number of amides is 1. The largest absolute Gasteiger partial charge is 0.381 e. The van der Waals surface area contributed by atoms with Gasteiger partial charge < -0.3 is 14.6 Å². The molecule has 1 amide bonds. The van der Waals surface area contributed by atoms with Gasteiger partial charge in [0.1, 0.15) is 5.82 Å². The third-order valence-corrected chi connectivity index (χ3v) is 4.53. The zero-order valence-corrected chi connectivity index (χ0v) is 14.2. The first kappa shape index (κ1) is 16.6. The normalized spacial score (nSPS) is 16.8. The predicted octanol–water partition coefficient (Wildman–Crippen LogP) is 2.50. The van der Waals surface area contributed by atoms with E-state index in [0.717, 1.165) is 44.0 Å². The molecule has 24 heavy (non-hydrogen) atoms. The summed E-state index contributed by atoms with van der Waals surface area (Å²) in [6, 6.07) is 1.74. The Labute approximate surface area is 142 Å². The molecule has 2 aromatic heterocycles. The molecule has 0 bridgehead atoms. The van der Waals surface area contributed by atoms with Gasteiger partial charge in [0.25, 0.3) is 5.91 Å². The number of aromatic nitrogens is 3. The molecule has 0 radical (unpaired) electrons. The van der Waals surface area contributed by atoms with E-state index < -0.39 is 0 Å². The first-order valence-corrected chi connectivity index (χ1v) is 8.50. The summed E-state index contributed by atoms with van der Waals surface area (Å²) in [7, 11) is 0. The Morgan fingerprint density at radius 3 is 2.92 bits per heavy atom. The molecule has 6 nitrogen and oxygen atoms in total. The Morgan fingerprint density at radius 2 is 2.21 bits per heavy atom. The van der Waals surface area contributed by atoms with Crippen molar-refractivity contribution in [2.45, 2.75) is 39.3 Å². The maximum Gasteiger partial charge on any atom is 0.253 e. The van der Waals surface area contributed by atoms with E-state index in [0.29, 0.717) is 11.5 Å². The number of aryl methyl sites for hydroxylation is 2. The van der Waals surface area contributed by atoms with Gasteiger partial charge in [-0.2, -0.15) is 0 Å². The van der Waals surface area contributed by atoms with Crippen LogP contribution in [0.2, 0.25) is 0 Å². The van der Waals surface area contributed by atoms with Crippen molar-refractivity contribution in [1.29, 1.82) is 0 Å². The van der Waals surface area contributed by atoms with Crippen LogP contribution in [-0.2, 0) is 11.3 Å². The minimum atomic E-state index is -0.114. The Kier molecular flexibility index (Phi) is 5.25. The second kappa shape index (κ2) is 7.57. The lowest BCUT2D eigenvalue weighted by Gasteiger charge is -2.31. The summed E-state index contributed by atoms with van der Waals surface area (Å²) in [5.41, 5.74) is 1.56. The molecular formula is C18H24N4O2. The highest BCUT2D eigenvalue weighted by Crippen LogP contribution is 2.29. The topological polar surface area (TPSA) is 69.0 Å². The molecule has 0 aromatic carbocycles. The van der Waals surface area contributed by atoms with Gasteiger partial charge in [0.2, 0.25) is 0 Å². The minimum Gasteiger partial charge on any atom is -0.381 e. The summed E-state index contributed by atoms with van der Waals surface area (Å²) < 4.78 is 7.57. The van der Waals surface area contributed by atoms with Crippen molar-refractivity contribution in [3.8, 4) is 0 Å². The van der Waals surface area contributed by atoms with Crippen LogP contribution >= 0.6 is 0 Å². The number of nitrogens with zero attached hydrogens (tertiary/aromatic N) is 3. The van der Waals surface area contributed by atoms with E-state index >= 15 is 0 Å². The third kappa shape index (κ3) is 3.64. The van der Waals surface area contributed by atoms with Crippen LogP contribution in [-0.4, -0.2) is 33.7 Å². The summed E-state index contributed by atoms with van der Waals surface area (Å²) in [4.78, 5) is 21.4. The second-order valence-electron chi connectivity index (χ2n) is 6.22. The van der Waals surface area contributed by atoms with E-state index in [1.807, 2.05) is 19.2 Å². The molecule has 1 aliphatic rings. The molecule has 2 aromatic rings. The van der Waals surface area contributed by atoms with Crippen LogP contribution in [0.4, 0.5) is 0 Å². The highest BCUT2D eigenvalue weighted by molar-refractivity contribution is 5.94. The molecule has 1 unspecified atom stereocenters. The standard InChI is InChI=1S/C18H24N4O2/c1-3-22-7-6-20-17(22)16(14-4-8-24-9-5-14)21-18(23)15-10-13(2)11-19-12-15/h6-7,10-12,14,16H,3-5,8-9H2,1-2H3,(H,21,23). The number of carbonyl (C=O) groups excluding carboxylic acids is 1. The van der Waals surface area contributed by atoms with Crippen LogP contribution < -0.4 is 5.32 Å². The second-order valence-corrected chi connectivity index (χ2v) is 6.22. The average Bonchev–Trinajstić information content (AvgIpc) is 3.08. The summed E-state index contributed by atoms with van der Waals surface area (Å²) in [5, 5.41) is 3.19. The Morgan fingerprint density at radius 1 is 1.42 bits per heavy atom. The molecule has 0 saturated carbocycles. The summed E-state index contributed by atoms with van der Waals surface area (Å²) in [6.07, 6.45) is 8.96. The van der Waals surface area contributed by atoms with Gasteiger partial charge in [-0.05, 0) is 44.2 Å². The first-order chi connectivity index (χ1) is 11.7. The fraction of sp³-hybridized carbons (Fsp3) is 0.500. The molecule has 0 aliphatic carbocycles. The zero-order valence-electron chi connectivity index (χ0n) is 14.2. The highest BCUT2D eigenvalue weighted by atomic mass is 16.5. The molecule has 0 spiro atoms. The molecule has 1 fully saturated rings. The fourth-order valence-corrected chi connectivity index (χ4v) is 3.21. The SMILES string of the molecule is CCn1ccnc1C(NC(=O)c1cncc(C)c1)C1CCOCC1. The summed E-state index contributed by atoms with van der Waals surface area (Å²) >= 11 is 0. The smallest absolute Gasteiger partial charge is 0.253 e. The predicted molar refractivity (Wildman–Crippen MR) is 90.6 cm³/mol. The van der Waals surface area contributed by atoms with Crippen LogP contribution in [0.25, 0.3) is 0 Å². The van der Waals surface area contributed by atoms with E-state index in [9.17, 15) is 4.79 Å². The number of nitrogens with one attached hydrogen (secondary N) is 1. The van der Waals surface area contributed by atoms with Gasteiger partial charge in [-0.1, -0.05) is 0 Å². The van der Waals surface area contributed by atoms with Crippen LogP contribution in [0.15, 0.2) is 30.9 Å². The van der Waals surface area contributed by atoms with Crippen molar-refractivity contribution in [3.05, 3.63) is 47.8 Å². The molecule has 6 heteroatoms. The van der Waals surface area contributed by atoms with Crippen molar-refractivity contribution in [2.24, 2.45) is 5.92 Å². The quantitative estimate of drug-likeness (QED) is 0.915. The maximum absolute atomic E-state index is 12.7. The van der Waals surface area contributed by atoms with Crippen molar-refractivity contribution >= 4 is 5.91 Å². The van der Waals surface area contributed by atoms with E-state index in [4.69, 9.17) is 4.74 Å². The van der Waals surface area contributed by atoms with Gasteiger partial charge in [0.05, 0.1) is 11.6 Å². The van der Waals surface area contributed by atoms with Crippen molar-refractivity contribution in [1.82, 2.24) is 19.9 Å². The van der Waals surface area contributed by atoms with E-state index in [-0.39, 0.29) is 11.9 Å². The van der Waals surface area contributed by atoms with Crippen LogP contribution in [0.5, 0.6) is 0 Å². The third-order valence-electron chi connectivity index (χ3n) is 4.53. The molecule has 3 rings (SSSR count). The molecule has 1 N–H and O–H groups in total. The first-order valence-electron chi connectivity index (χ1n) is 8.50. The van der Waals surface area contributed by atoms with Crippen LogP contribution in [0.1, 0.15) is 47.6 Å². The van der Waals surface area contributed by atoms with Gasteiger partial charge in [-0.3, -0.25) is 9.78 Å². The molecule has 3 heterocycles. The van der Waals surface area contributed by atoms with Gasteiger partial charge in [-0.25, -0.2) is 4.98 Å². The highest BCUT2D eigenvalue weighted by Gasteiger charge is 2.30. The van der Waals surface area contributed by atoms with E-state index in [2.05, 4.69) is 26.8 Å². The van der Waals surface area contributed by atoms with Gasteiger partial charge in [-0.15, -0.1) is 0 Å². The number of hydrogen-bond donors (Lipinski definition) is 1. The number of ether oxygens (including phenoxy) is 1. The summed E-state index contributed by atoms with van der Waals surface area (Å²) in [6.45, 7) is 6.31. The van der Waals surface area contributed by atoms with Crippen LogP contribution in [0, 0.1) is 12.8 Å². The maximum atomic E-state index is 12.7. The van der Waals surface area contributed by atoms with Crippen molar-refractivity contribution in [3.63, 3.8) is 0 Å². The van der Waals surface area contributed by atoms with Gasteiger partial charge >= 0.3 is 0 Å². The lowest BCUT2D eigenvalue weighted by Crippen LogP contribution is -2.37.